The SMILES string of the molecule is CCCN(CCC)C1CCc2ccc(OC)c([N+](=O)[O-])c2C1. The van der Waals surface area contributed by atoms with Crippen molar-refractivity contribution < 1.29 is 9.66 Å². The van der Waals surface area contributed by atoms with E-state index in [4.69, 9.17) is 4.74 Å². The summed E-state index contributed by atoms with van der Waals surface area (Å²) in [5.41, 5.74) is 2.15. The van der Waals surface area contributed by atoms with Crippen LogP contribution in [0.1, 0.15) is 44.2 Å². The molecule has 5 nitrogen and oxygen atoms in total. The van der Waals surface area contributed by atoms with Gasteiger partial charge in [0, 0.05) is 11.6 Å². The van der Waals surface area contributed by atoms with Crippen LogP contribution in [0.5, 0.6) is 5.75 Å². The first-order chi connectivity index (χ1) is 10.6. The molecule has 22 heavy (non-hydrogen) atoms. The van der Waals surface area contributed by atoms with Crippen molar-refractivity contribution in [3.05, 3.63) is 33.4 Å². The summed E-state index contributed by atoms with van der Waals surface area (Å²) in [4.78, 5) is 13.7. The molecular weight excluding hydrogens is 280 g/mol. The molecule has 0 N–H and O–H groups in total. The molecule has 1 aromatic rings. The summed E-state index contributed by atoms with van der Waals surface area (Å²) in [7, 11) is 1.50. The number of rotatable bonds is 7. The van der Waals surface area contributed by atoms with Crippen LogP contribution in [0.3, 0.4) is 0 Å². The van der Waals surface area contributed by atoms with Crippen LogP contribution in [0.25, 0.3) is 0 Å². The quantitative estimate of drug-likeness (QED) is 0.570. The predicted molar refractivity (Wildman–Crippen MR) is 87.6 cm³/mol. The van der Waals surface area contributed by atoms with Crippen molar-refractivity contribution in [1.29, 1.82) is 0 Å². The number of hydrogen-bond acceptors (Lipinski definition) is 4. The summed E-state index contributed by atoms with van der Waals surface area (Å²) in [6, 6.07) is 4.12. The summed E-state index contributed by atoms with van der Waals surface area (Å²) >= 11 is 0. The van der Waals surface area contributed by atoms with Crippen LogP contribution in [0, 0.1) is 10.1 Å². The lowest BCUT2D eigenvalue weighted by Crippen LogP contribution is -2.40. The summed E-state index contributed by atoms with van der Waals surface area (Å²) in [5, 5.41) is 11.5. The van der Waals surface area contributed by atoms with Gasteiger partial charge in [0.2, 0.25) is 0 Å². The first kappa shape index (κ1) is 16.7. The first-order valence-corrected chi connectivity index (χ1v) is 8.19. The standard InChI is InChI=1S/C17H26N2O3/c1-4-10-18(11-5-2)14-8-6-13-7-9-16(22-3)17(19(20)21)15(13)12-14/h7,9,14H,4-6,8,10-12H2,1-3H3. The van der Waals surface area contributed by atoms with Gasteiger partial charge in [-0.15, -0.1) is 0 Å². The van der Waals surface area contributed by atoms with Crippen molar-refractivity contribution in [3.8, 4) is 5.75 Å². The van der Waals surface area contributed by atoms with Crippen molar-refractivity contribution in [3.63, 3.8) is 0 Å². The van der Waals surface area contributed by atoms with Crippen molar-refractivity contribution in [2.45, 2.75) is 52.0 Å². The topological polar surface area (TPSA) is 55.6 Å². The molecule has 0 heterocycles. The van der Waals surface area contributed by atoms with Gasteiger partial charge < -0.3 is 9.64 Å². The zero-order valence-corrected chi connectivity index (χ0v) is 13.8. The fraction of sp³-hybridized carbons (Fsp3) is 0.647. The molecular formula is C17H26N2O3. The molecule has 5 heteroatoms. The summed E-state index contributed by atoms with van der Waals surface area (Å²) in [6.07, 6.45) is 4.97. The molecule has 1 aliphatic rings. The fourth-order valence-electron chi connectivity index (χ4n) is 3.51. The van der Waals surface area contributed by atoms with Crippen LogP contribution in [-0.4, -0.2) is 36.1 Å². The van der Waals surface area contributed by atoms with Gasteiger partial charge in [-0.3, -0.25) is 10.1 Å². The van der Waals surface area contributed by atoms with Gasteiger partial charge in [-0.05, 0) is 56.8 Å². The summed E-state index contributed by atoms with van der Waals surface area (Å²) in [5.74, 6) is 0.377. The molecule has 0 saturated carbocycles. The van der Waals surface area contributed by atoms with E-state index in [2.05, 4.69) is 18.7 Å². The number of nitro groups is 1. The average molecular weight is 306 g/mol. The lowest BCUT2D eigenvalue weighted by atomic mass is 9.86. The second-order valence-corrected chi connectivity index (χ2v) is 5.94. The number of nitro benzene ring substituents is 1. The Balaban J connectivity index is 2.33. The lowest BCUT2D eigenvalue weighted by Gasteiger charge is -2.34. The molecule has 0 radical (unpaired) electrons. The van der Waals surface area contributed by atoms with Gasteiger partial charge in [0.1, 0.15) is 0 Å². The Labute approximate surface area is 132 Å². The molecule has 1 aliphatic carbocycles. The zero-order valence-electron chi connectivity index (χ0n) is 13.8. The molecule has 0 fully saturated rings. The number of fused-ring (bicyclic) bond motifs is 1. The Bertz CT molecular complexity index is 525. The third kappa shape index (κ3) is 3.40. The van der Waals surface area contributed by atoms with Crippen LogP contribution >= 0.6 is 0 Å². The molecule has 1 aromatic carbocycles. The third-order valence-corrected chi connectivity index (χ3v) is 4.47. The predicted octanol–water partition coefficient (Wildman–Crippen LogP) is 3.58. The number of ether oxygens (including phenoxy) is 1. The smallest absolute Gasteiger partial charge is 0.314 e. The number of methoxy groups -OCH3 is 1. The third-order valence-electron chi connectivity index (χ3n) is 4.47. The summed E-state index contributed by atoms with van der Waals surface area (Å²) < 4.78 is 5.21. The number of hydrogen-bond donors (Lipinski definition) is 0. The minimum Gasteiger partial charge on any atom is -0.490 e. The first-order valence-electron chi connectivity index (χ1n) is 8.19. The van der Waals surface area contributed by atoms with Crippen molar-refractivity contribution >= 4 is 5.69 Å². The minimum absolute atomic E-state index is 0.164. The summed E-state index contributed by atoms with van der Waals surface area (Å²) in [6.45, 7) is 6.49. The molecule has 0 saturated heterocycles. The molecule has 1 unspecified atom stereocenters. The van der Waals surface area contributed by atoms with Crippen LogP contribution in [-0.2, 0) is 12.8 Å². The highest BCUT2D eigenvalue weighted by Crippen LogP contribution is 2.38. The van der Waals surface area contributed by atoms with E-state index in [1.807, 2.05) is 6.07 Å². The lowest BCUT2D eigenvalue weighted by molar-refractivity contribution is -0.386. The van der Waals surface area contributed by atoms with Crippen LogP contribution in [0.4, 0.5) is 5.69 Å². The van der Waals surface area contributed by atoms with Crippen LogP contribution < -0.4 is 4.74 Å². The van der Waals surface area contributed by atoms with E-state index < -0.39 is 0 Å². The van der Waals surface area contributed by atoms with E-state index in [9.17, 15) is 10.1 Å². The number of nitrogens with zero attached hydrogens (tertiary/aromatic N) is 2. The minimum atomic E-state index is -0.288. The Morgan fingerprint density at radius 1 is 1.32 bits per heavy atom. The van der Waals surface area contributed by atoms with Crippen molar-refractivity contribution in [2.24, 2.45) is 0 Å². The average Bonchev–Trinajstić information content (AvgIpc) is 2.52. The largest absolute Gasteiger partial charge is 0.490 e. The second kappa shape index (κ2) is 7.58. The maximum Gasteiger partial charge on any atom is 0.314 e. The normalized spacial score (nSPS) is 17.4. The maximum absolute atomic E-state index is 11.5. The van der Waals surface area contributed by atoms with E-state index in [1.54, 1.807) is 6.07 Å². The van der Waals surface area contributed by atoms with Gasteiger partial charge in [0.05, 0.1) is 12.0 Å². The highest BCUT2D eigenvalue weighted by atomic mass is 16.6. The molecule has 0 aliphatic heterocycles. The Morgan fingerprint density at radius 2 is 2.00 bits per heavy atom. The van der Waals surface area contributed by atoms with Gasteiger partial charge in [-0.2, -0.15) is 0 Å². The zero-order chi connectivity index (χ0) is 16.1. The maximum atomic E-state index is 11.5. The van der Waals surface area contributed by atoms with Gasteiger partial charge in [-0.25, -0.2) is 0 Å². The van der Waals surface area contributed by atoms with Gasteiger partial charge >= 0.3 is 5.69 Å². The molecule has 122 valence electrons. The number of benzene rings is 1. The van der Waals surface area contributed by atoms with E-state index in [0.717, 1.165) is 56.3 Å². The molecule has 0 bridgehead atoms. The van der Waals surface area contributed by atoms with E-state index in [-0.39, 0.29) is 10.6 Å². The van der Waals surface area contributed by atoms with Crippen LogP contribution in [0.15, 0.2) is 12.1 Å². The van der Waals surface area contributed by atoms with Gasteiger partial charge in [0.25, 0.3) is 0 Å². The van der Waals surface area contributed by atoms with Crippen molar-refractivity contribution in [2.75, 3.05) is 20.2 Å². The molecule has 1 atom stereocenters. The van der Waals surface area contributed by atoms with Gasteiger partial charge in [0.15, 0.2) is 5.75 Å². The molecule has 0 amide bonds. The van der Waals surface area contributed by atoms with Crippen LogP contribution in [0.2, 0.25) is 0 Å². The van der Waals surface area contributed by atoms with Gasteiger partial charge in [-0.1, -0.05) is 19.9 Å². The molecule has 2 rings (SSSR count). The van der Waals surface area contributed by atoms with Crippen molar-refractivity contribution in [1.82, 2.24) is 4.90 Å². The molecule has 0 aromatic heterocycles. The highest BCUT2D eigenvalue weighted by molar-refractivity contribution is 5.57. The Kier molecular flexibility index (Phi) is 5.77. The highest BCUT2D eigenvalue weighted by Gasteiger charge is 2.31. The Morgan fingerprint density at radius 3 is 2.55 bits per heavy atom. The number of aryl methyl sites for hydroxylation is 1. The van der Waals surface area contributed by atoms with E-state index in [0.29, 0.717) is 11.8 Å². The monoisotopic (exact) mass is 306 g/mol. The van der Waals surface area contributed by atoms with E-state index >= 15 is 0 Å². The molecule has 0 spiro atoms. The van der Waals surface area contributed by atoms with E-state index in [1.165, 1.54) is 7.11 Å². The fourth-order valence-corrected chi connectivity index (χ4v) is 3.51. The second-order valence-electron chi connectivity index (χ2n) is 5.94. The Hall–Kier alpha value is -1.62.